The number of hydrogen-bond acceptors (Lipinski definition) is 6. The van der Waals surface area contributed by atoms with Crippen molar-refractivity contribution in [3.05, 3.63) is 0 Å². The second-order valence-electron chi connectivity index (χ2n) is 9.14. The fourth-order valence-corrected chi connectivity index (χ4v) is 5.23. The van der Waals surface area contributed by atoms with Crippen LogP contribution in [0.25, 0.3) is 0 Å². The van der Waals surface area contributed by atoms with Crippen molar-refractivity contribution in [2.24, 2.45) is 11.7 Å². The van der Waals surface area contributed by atoms with E-state index in [1.54, 1.807) is 0 Å². The zero-order chi connectivity index (χ0) is 21.9. The van der Waals surface area contributed by atoms with Gasteiger partial charge in [-0.2, -0.15) is 8.42 Å². The molecule has 0 amide bonds. The molecule has 0 atom stereocenters. The molecular formula is C24H50N2O4S. The smallest absolute Gasteiger partial charge is 0.322 e. The largest absolute Gasteiger partial charge is 0.346 e. The fraction of sp³-hybridized carbons (Fsp3) is 0.958. The molecule has 186 valence electrons. The molecule has 0 aromatic carbocycles. The normalized spacial score (nSPS) is 14.9. The van der Waals surface area contributed by atoms with Crippen molar-refractivity contribution in [1.29, 1.82) is 0 Å². The van der Waals surface area contributed by atoms with E-state index in [2.05, 4.69) is 4.18 Å². The van der Waals surface area contributed by atoms with Gasteiger partial charge in [0.05, 0.1) is 5.75 Å². The van der Waals surface area contributed by atoms with E-state index in [4.69, 9.17) is 5.73 Å². The molecule has 7 heteroatoms. The third-order valence-corrected chi connectivity index (χ3v) is 7.48. The molecule has 0 saturated heterocycles. The Labute approximate surface area is 192 Å². The quantitative estimate of drug-likeness (QED) is 0.169. The maximum absolute atomic E-state index is 11.5. The lowest BCUT2D eigenvalue weighted by Crippen LogP contribution is -2.21. The number of carbonyl (C=O) groups is 1. The molecule has 0 radical (unpaired) electrons. The number of unbranched alkanes of at least 4 members (excludes halogenated alkanes) is 12. The van der Waals surface area contributed by atoms with Crippen molar-refractivity contribution < 1.29 is 17.4 Å². The summed E-state index contributed by atoms with van der Waals surface area (Å²) < 4.78 is 27.1. The molecule has 5 N–H and O–H groups in total. The van der Waals surface area contributed by atoms with Crippen LogP contribution in [0, 0.1) is 5.92 Å². The van der Waals surface area contributed by atoms with Crippen molar-refractivity contribution in [3.63, 3.8) is 0 Å². The average molecular weight is 463 g/mol. The number of rotatable bonds is 19. The van der Waals surface area contributed by atoms with Crippen molar-refractivity contribution in [2.75, 3.05) is 12.3 Å². The van der Waals surface area contributed by atoms with Gasteiger partial charge in [-0.15, -0.1) is 0 Å². The Morgan fingerprint density at radius 1 is 0.742 bits per heavy atom. The first-order valence-electron chi connectivity index (χ1n) is 12.7. The molecule has 0 aromatic rings. The second kappa shape index (κ2) is 20.0. The monoisotopic (exact) mass is 462 g/mol. The van der Waals surface area contributed by atoms with Gasteiger partial charge in [-0.25, -0.2) is 0 Å². The molecule has 6 nitrogen and oxygen atoms in total. The Balaban J connectivity index is 0.00000900. The van der Waals surface area contributed by atoms with Gasteiger partial charge in [-0.3, -0.25) is 4.79 Å². The summed E-state index contributed by atoms with van der Waals surface area (Å²) in [5.74, 6) is 0.0848. The van der Waals surface area contributed by atoms with E-state index in [9.17, 15) is 13.2 Å². The molecule has 0 unspecified atom stereocenters. The molecule has 31 heavy (non-hydrogen) atoms. The molecule has 1 fully saturated rings. The molecule has 0 aromatic heterocycles. The van der Waals surface area contributed by atoms with Crippen molar-refractivity contribution >= 4 is 16.1 Å². The number of carbonyl (C=O) groups excluding carboxylic acids is 1. The lowest BCUT2D eigenvalue weighted by molar-refractivity contribution is -0.133. The van der Waals surface area contributed by atoms with Gasteiger partial charge in [0.1, 0.15) is 0 Å². The van der Waals surface area contributed by atoms with Crippen LogP contribution in [0.2, 0.25) is 0 Å². The minimum atomic E-state index is -3.78. The zero-order valence-corrected chi connectivity index (χ0v) is 20.8. The summed E-state index contributed by atoms with van der Waals surface area (Å²) in [6.45, 7) is -0.0318. The molecule has 1 aliphatic rings. The molecule has 0 bridgehead atoms. The lowest BCUT2D eigenvalue weighted by Gasteiger charge is -2.21. The van der Waals surface area contributed by atoms with Crippen LogP contribution < -0.4 is 11.9 Å². The van der Waals surface area contributed by atoms with E-state index in [-0.39, 0.29) is 24.9 Å². The first-order valence-corrected chi connectivity index (χ1v) is 14.3. The lowest BCUT2D eigenvalue weighted by atomic mass is 9.85. The van der Waals surface area contributed by atoms with Crippen molar-refractivity contribution in [2.45, 2.75) is 128 Å². The van der Waals surface area contributed by atoms with E-state index in [0.717, 1.165) is 18.8 Å². The molecule has 1 rings (SSSR count). The van der Waals surface area contributed by atoms with Crippen LogP contribution in [0.3, 0.4) is 0 Å². The summed E-state index contributed by atoms with van der Waals surface area (Å²) in [6.07, 6.45) is 25.4. The fourth-order valence-electron chi connectivity index (χ4n) is 4.49. The van der Waals surface area contributed by atoms with Gasteiger partial charge in [0.2, 0.25) is 0 Å². The van der Waals surface area contributed by atoms with Gasteiger partial charge in [-0.05, 0) is 12.3 Å². The van der Waals surface area contributed by atoms with E-state index in [1.165, 1.54) is 103 Å². The maximum Gasteiger partial charge on any atom is 0.322 e. The highest BCUT2D eigenvalue weighted by Crippen LogP contribution is 2.28. The van der Waals surface area contributed by atoms with Gasteiger partial charge < -0.3 is 16.1 Å². The highest BCUT2D eigenvalue weighted by atomic mass is 32.2. The SMILES string of the molecule is N.NCCS(=O)(=O)OC(=O)CCCCCCCCCCCCCCCC1CCCCC1. The van der Waals surface area contributed by atoms with Crippen LogP contribution in [0.15, 0.2) is 0 Å². The molecular weight excluding hydrogens is 412 g/mol. The Kier molecular flexibility index (Phi) is 19.6. The van der Waals surface area contributed by atoms with Crippen LogP contribution >= 0.6 is 0 Å². The summed E-state index contributed by atoms with van der Waals surface area (Å²) in [7, 11) is -3.78. The summed E-state index contributed by atoms with van der Waals surface area (Å²) in [5.41, 5.74) is 5.17. The molecule has 0 spiro atoms. The van der Waals surface area contributed by atoms with E-state index < -0.39 is 16.1 Å². The third kappa shape index (κ3) is 18.6. The molecule has 0 heterocycles. The average Bonchev–Trinajstić information content (AvgIpc) is 2.71. The minimum Gasteiger partial charge on any atom is -0.346 e. The van der Waals surface area contributed by atoms with Crippen LogP contribution in [0.4, 0.5) is 0 Å². The Morgan fingerprint density at radius 3 is 1.68 bits per heavy atom. The van der Waals surface area contributed by atoms with Crippen LogP contribution in [0.1, 0.15) is 128 Å². The molecule has 1 aliphatic carbocycles. The van der Waals surface area contributed by atoms with Crippen LogP contribution in [-0.2, 0) is 19.1 Å². The van der Waals surface area contributed by atoms with Crippen LogP contribution in [0.5, 0.6) is 0 Å². The predicted octanol–water partition coefficient (Wildman–Crippen LogP) is 6.41. The summed E-state index contributed by atoms with van der Waals surface area (Å²) in [5, 5.41) is 0. The standard InChI is InChI=1S/C24H47NO4S.H3N/c25-21-22-30(27,28)29-24(26)20-16-11-9-7-5-3-1-2-4-6-8-10-13-17-23-18-14-12-15-19-23;/h23H,1-22,25H2;1H3. The Hall–Kier alpha value is -0.660. The maximum atomic E-state index is 11.5. The number of hydrogen-bond donors (Lipinski definition) is 2. The Morgan fingerprint density at radius 2 is 1.19 bits per heavy atom. The van der Waals surface area contributed by atoms with Gasteiger partial charge in [0.25, 0.3) is 0 Å². The molecule has 1 saturated carbocycles. The summed E-state index contributed by atoms with van der Waals surface area (Å²) in [4.78, 5) is 11.5. The first-order chi connectivity index (χ1) is 14.5. The highest BCUT2D eigenvalue weighted by molar-refractivity contribution is 7.87. The topological polar surface area (TPSA) is 121 Å². The second-order valence-corrected chi connectivity index (χ2v) is 10.8. The first kappa shape index (κ1) is 30.3. The molecule has 0 aliphatic heterocycles. The van der Waals surface area contributed by atoms with Crippen LogP contribution in [-0.4, -0.2) is 26.7 Å². The van der Waals surface area contributed by atoms with E-state index in [1.807, 2.05) is 0 Å². The van der Waals surface area contributed by atoms with Gasteiger partial charge >= 0.3 is 16.1 Å². The van der Waals surface area contributed by atoms with E-state index >= 15 is 0 Å². The number of nitrogens with two attached hydrogens (primary N) is 1. The summed E-state index contributed by atoms with van der Waals surface area (Å²) in [6, 6.07) is 0. The van der Waals surface area contributed by atoms with Crippen molar-refractivity contribution in [3.8, 4) is 0 Å². The predicted molar refractivity (Wildman–Crippen MR) is 130 cm³/mol. The van der Waals surface area contributed by atoms with Gasteiger partial charge in [0.15, 0.2) is 0 Å². The van der Waals surface area contributed by atoms with Crippen molar-refractivity contribution in [1.82, 2.24) is 6.15 Å². The minimum absolute atomic E-state index is 0. The van der Waals surface area contributed by atoms with Gasteiger partial charge in [-0.1, -0.05) is 116 Å². The Bertz CT molecular complexity index is 520. The van der Waals surface area contributed by atoms with Gasteiger partial charge in [0, 0.05) is 13.0 Å². The zero-order valence-electron chi connectivity index (χ0n) is 20.0. The summed E-state index contributed by atoms with van der Waals surface area (Å²) >= 11 is 0. The third-order valence-electron chi connectivity index (χ3n) is 6.31. The van der Waals surface area contributed by atoms with E-state index in [0.29, 0.717) is 6.42 Å². The highest BCUT2D eigenvalue weighted by Gasteiger charge is 2.15.